The lowest BCUT2D eigenvalue weighted by atomic mass is 9.90. The van der Waals surface area contributed by atoms with Gasteiger partial charge in [0, 0.05) is 38.3 Å². The van der Waals surface area contributed by atoms with Crippen LogP contribution < -0.4 is 4.74 Å². The van der Waals surface area contributed by atoms with Crippen molar-refractivity contribution in [2.24, 2.45) is 0 Å². The minimum Gasteiger partial charge on any atom is -0.497 e. The molecule has 2 saturated heterocycles. The normalized spacial score (nSPS) is 25.0. The molecule has 3 rings (SSSR count). The largest absolute Gasteiger partial charge is 0.497 e. The number of carbonyl (C=O) groups is 1. The molecule has 28 heavy (non-hydrogen) atoms. The third kappa shape index (κ3) is 4.82. The monoisotopic (exact) mass is 393 g/mol. The van der Waals surface area contributed by atoms with Crippen molar-refractivity contribution in [3.63, 3.8) is 0 Å². The fourth-order valence-electron chi connectivity index (χ4n) is 4.24. The fraction of sp³-hybridized carbons (Fsp3) is 0.667. The Balaban J connectivity index is 1.67. The molecule has 0 radical (unpaired) electrons. The zero-order valence-electron chi connectivity index (χ0n) is 17.0. The van der Waals surface area contributed by atoms with Gasteiger partial charge in [0.25, 0.3) is 5.91 Å². The van der Waals surface area contributed by atoms with Gasteiger partial charge in [0.15, 0.2) is 5.60 Å². The molecular formula is C21H32FN3O3. The minimum atomic E-state index is -1.39. The summed E-state index contributed by atoms with van der Waals surface area (Å²) in [5, 5.41) is 11.2. The van der Waals surface area contributed by atoms with E-state index < -0.39 is 5.60 Å². The van der Waals surface area contributed by atoms with Crippen LogP contribution in [-0.4, -0.2) is 84.2 Å². The number of hydrogen-bond donors (Lipinski definition) is 1. The molecule has 0 spiro atoms. The molecule has 2 aliphatic rings. The molecule has 0 aromatic heterocycles. The van der Waals surface area contributed by atoms with Crippen LogP contribution in [0, 0.1) is 5.82 Å². The summed E-state index contributed by atoms with van der Waals surface area (Å²) in [5.41, 5.74) is -0.986. The number of benzene rings is 1. The molecule has 156 valence electrons. The van der Waals surface area contributed by atoms with Gasteiger partial charge in [-0.15, -0.1) is 0 Å². The highest BCUT2D eigenvalue weighted by molar-refractivity contribution is 5.86. The number of carbonyl (C=O) groups excluding carboxylic acids is 1. The maximum atomic E-state index is 14.2. The van der Waals surface area contributed by atoms with Gasteiger partial charge in [0.05, 0.1) is 7.11 Å². The zero-order valence-corrected chi connectivity index (χ0v) is 17.0. The molecule has 2 fully saturated rings. The van der Waals surface area contributed by atoms with E-state index in [1.54, 1.807) is 17.0 Å². The number of methoxy groups -OCH3 is 1. The molecule has 2 aliphatic heterocycles. The first kappa shape index (κ1) is 21.0. The number of piperidine rings is 1. The average molecular weight is 394 g/mol. The van der Waals surface area contributed by atoms with Crippen molar-refractivity contribution < 1.29 is 19.0 Å². The van der Waals surface area contributed by atoms with Crippen LogP contribution in [0.4, 0.5) is 4.39 Å². The molecule has 0 saturated carbocycles. The van der Waals surface area contributed by atoms with E-state index in [1.807, 2.05) is 0 Å². The van der Waals surface area contributed by atoms with Crippen LogP contribution in [0.25, 0.3) is 0 Å². The van der Waals surface area contributed by atoms with Crippen molar-refractivity contribution in [1.82, 2.24) is 14.7 Å². The van der Waals surface area contributed by atoms with E-state index in [0.29, 0.717) is 37.2 Å². The van der Waals surface area contributed by atoms with Gasteiger partial charge in [-0.05, 0) is 57.1 Å². The zero-order chi connectivity index (χ0) is 20.1. The lowest BCUT2D eigenvalue weighted by Crippen LogP contribution is -2.58. The molecule has 1 atom stereocenters. The highest BCUT2D eigenvalue weighted by atomic mass is 19.1. The number of rotatable bonds is 6. The number of hydrogen-bond acceptors (Lipinski definition) is 5. The highest BCUT2D eigenvalue weighted by Gasteiger charge is 2.43. The summed E-state index contributed by atoms with van der Waals surface area (Å²) in [4.78, 5) is 19.3. The third-order valence-corrected chi connectivity index (χ3v) is 5.93. The average Bonchev–Trinajstić information content (AvgIpc) is 2.92. The second kappa shape index (κ2) is 9.20. The number of amides is 1. The second-order valence-electron chi connectivity index (χ2n) is 7.88. The van der Waals surface area contributed by atoms with Gasteiger partial charge in [-0.3, -0.25) is 9.69 Å². The predicted molar refractivity (Wildman–Crippen MR) is 106 cm³/mol. The van der Waals surface area contributed by atoms with Gasteiger partial charge in [0.2, 0.25) is 0 Å². The van der Waals surface area contributed by atoms with Gasteiger partial charge in [-0.25, -0.2) is 4.39 Å². The van der Waals surface area contributed by atoms with Crippen LogP contribution >= 0.6 is 0 Å². The number of β-amino-alcohol motifs (C(OH)–C–C–N with tert-alkyl or cyclic N) is 1. The van der Waals surface area contributed by atoms with Gasteiger partial charge in [0.1, 0.15) is 11.6 Å². The first-order valence-corrected chi connectivity index (χ1v) is 10.2. The van der Waals surface area contributed by atoms with Crippen molar-refractivity contribution in [3.05, 3.63) is 29.6 Å². The second-order valence-corrected chi connectivity index (χ2v) is 7.88. The number of nitrogens with zero attached hydrogens (tertiary/aromatic N) is 3. The van der Waals surface area contributed by atoms with Crippen molar-refractivity contribution in [2.75, 3.05) is 52.9 Å². The fourth-order valence-corrected chi connectivity index (χ4v) is 4.24. The lowest BCUT2D eigenvalue weighted by molar-refractivity contribution is -0.160. The van der Waals surface area contributed by atoms with E-state index in [2.05, 4.69) is 16.7 Å². The van der Waals surface area contributed by atoms with Crippen LogP contribution in [0.1, 0.15) is 31.7 Å². The van der Waals surface area contributed by atoms with Crippen molar-refractivity contribution in [2.45, 2.75) is 38.3 Å². The minimum absolute atomic E-state index is 0.147. The topological polar surface area (TPSA) is 56.3 Å². The molecule has 0 bridgehead atoms. The van der Waals surface area contributed by atoms with E-state index >= 15 is 0 Å². The number of aliphatic hydroxyl groups is 1. The number of likely N-dealkylation sites (tertiary alicyclic amines) is 1. The van der Waals surface area contributed by atoms with Crippen molar-refractivity contribution in [1.29, 1.82) is 0 Å². The lowest BCUT2D eigenvalue weighted by Gasteiger charge is -2.40. The summed E-state index contributed by atoms with van der Waals surface area (Å²) < 4.78 is 19.4. The summed E-state index contributed by atoms with van der Waals surface area (Å²) in [5.74, 6) is -0.103. The Hall–Kier alpha value is -1.70. The van der Waals surface area contributed by atoms with E-state index in [4.69, 9.17) is 4.74 Å². The van der Waals surface area contributed by atoms with Crippen LogP contribution in [0.15, 0.2) is 18.2 Å². The number of ether oxygens (including phenoxy) is 1. The summed E-state index contributed by atoms with van der Waals surface area (Å²) >= 11 is 0. The van der Waals surface area contributed by atoms with Crippen molar-refractivity contribution >= 4 is 5.91 Å². The van der Waals surface area contributed by atoms with Gasteiger partial charge in [-0.1, -0.05) is 6.92 Å². The molecule has 1 amide bonds. The molecule has 6 nitrogen and oxygen atoms in total. The molecule has 0 aliphatic carbocycles. The van der Waals surface area contributed by atoms with Crippen LogP contribution in [-0.2, 0) is 11.3 Å². The Morgan fingerprint density at radius 1 is 1.14 bits per heavy atom. The van der Waals surface area contributed by atoms with Crippen LogP contribution in [0.5, 0.6) is 5.75 Å². The smallest absolute Gasteiger partial charge is 0.256 e. The first-order chi connectivity index (χ1) is 13.4. The Bertz CT molecular complexity index is 687. The molecule has 1 aromatic carbocycles. The summed E-state index contributed by atoms with van der Waals surface area (Å²) in [6.45, 7) is 7.96. The predicted octanol–water partition coefficient (Wildman–Crippen LogP) is 1.72. The number of likely N-dealkylation sites (N-methyl/N-ethyl adjacent to an activating group) is 1. The maximum Gasteiger partial charge on any atom is 0.256 e. The molecule has 7 heteroatoms. The van der Waals surface area contributed by atoms with E-state index in [9.17, 15) is 14.3 Å². The van der Waals surface area contributed by atoms with Crippen LogP contribution in [0.3, 0.4) is 0 Å². The number of halogens is 1. The van der Waals surface area contributed by atoms with Crippen LogP contribution in [0.2, 0.25) is 0 Å². The molecular weight excluding hydrogens is 361 g/mol. The summed E-state index contributed by atoms with van der Waals surface area (Å²) in [6.07, 6.45) is 2.20. The van der Waals surface area contributed by atoms with Gasteiger partial charge in [-0.2, -0.15) is 0 Å². The SMILES string of the molecule is CCN1CCCN(C[C@@]2(O)CCCN(Cc3cc(OC)ccc3F)C2=O)CC1. The van der Waals surface area contributed by atoms with Gasteiger partial charge >= 0.3 is 0 Å². The first-order valence-electron chi connectivity index (χ1n) is 10.2. The highest BCUT2D eigenvalue weighted by Crippen LogP contribution is 2.27. The molecule has 1 aromatic rings. The molecule has 0 unspecified atom stereocenters. The Morgan fingerprint density at radius 2 is 1.89 bits per heavy atom. The Kier molecular flexibility index (Phi) is 6.91. The molecule has 1 N–H and O–H groups in total. The standard InChI is InChI=1S/C21H32FN3O3/c1-3-23-9-5-10-24(13-12-23)16-21(27)8-4-11-25(20(21)26)15-17-14-18(28-2)6-7-19(17)22/h6-7,14,27H,3-5,8-13,15-16H2,1-2H3/t21-/m0/s1. The Labute approximate surface area is 166 Å². The summed E-state index contributed by atoms with van der Waals surface area (Å²) in [6, 6.07) is 4.53. The third-order valence-electron chi connectivity index (χ3n) is 5.93. The quantitative estimate of drug-likeness (QED) is 0.798. The van der Waals surface area contributed by atoms with E-state index in [0.717, 1.165) is 39.1 Å². The Morgan fingerprint density at radius 3 is 2.64 bits per heavy atom. The van der Waals surface area contributed by atoms with Crippen molar-refractivity contribution in [3.8, 4) is 5.75 Å². The van der Waals surface area contributed by atoms with E-state index in [1.165, 1.54) is 13.2 Å². The van der Waals surface area contributed by atoms with E-state index in [-0.39, 0.29) is 18.3 Å². The van der Waals surface area contributed by atoms with Gasteiger partial charge < -0.3 is 19.6 Å². The molecule has 2 heterocycles. The maximum absolute atomic E-state index is 14.2. The summed E-state index contributed by atoms with van der Waals surface area (Å²) in [7, 11) is 1.53.